The number of benzene rings is 2. The minimum absolute atomic E-state index is 0.0736. The van der Waals surface area contributed by atoms with Gasteiger partial charge in [0.25, 0.3) is 0 Å². The van der Waals surface area contributed by atoms with E-state index in [1.807, 2.05) is 0 Å². The van der Waals surface area contributed by atoms with Crippen molar-refractivity contribution in [1.29, 1.82) is 0 Å². The number of aryl methyl sites for hydroxylation is 1. The Bertz CT molecular complexity index is 768. The van der Waals surface area contributed by atoms with Crippen LogP contribution < -0.4 is 4.74 Å². The van der Waals surface area contributed by atoms with E-state index in [2.05, 4.69) is 0 Å². The molecule has 23 heavy (non-hydrogen) atoms. The minimum atomic E-state index is -0.576. The van der Waals surface area contributed by atoms with Crippen molar-refractivity contribution in [3.05, 3.63) is 68.8 Å². The van der Waals surface area contributed by atoms with Crippen LogP contribution in [0.4, 0.5) is 5.69 Å². The van der Waals surface area contributed by atoms with Gasteiger partial charge in [-0.3, -0.25) is 10.1 Å². The van der Waals surface area contributed by atoms with Gasteiger partial charge in [-0.15, -0.1) is 0 Å². The zero-order valence-electron chi connectivity index (χ0n) is 12.9. The smallest absolute Gasteiger partial charge is 0.343 e. The van der Waals surface area contributed by atoms with E-state index in [9.17, 15) is 14.9 Å². The Morgan fingerprint density at radius 2 is 1.87 bits per heavy atom. The third kappa shape index (κ3) is 2.95. The molecule has 0 unspecified atom stereocenters. The Morgan fingerprint density at radius 1 is 1.17 bits per heavy atom. The normalized spacial score (nSPS) is 13.3. The quantitative estimate of drug-likeness (QED) is 0.372. The number of esters is 1. The van der Waals surface area contributed by atoms with Gasteiger partial charge in [0.1, 0.15) is 0 Å². The molecule has 0 aliphatic heterocycles. The third-order valence-electron chi connectivity index (χ3n) is 4.25. The van der Waals surface area contributed by atoms with Crippen LogP contribution in [0.2, 0.25) is 0 Å². The molecule has 0 amide bonds. The van der Waals surface area contributed by atoms with Gasteiger partial charge in [-0.1, -0.05) is 18.2 Å². The first-order chi connectivity index (χ1) is 11.1. The number of fused-ring (bicyclic) bond motifs is 1. The molecule has 0 saturated heterocycles. The number of rotatable bonds is 3. The van der Waals surface area contributed by atoms with E-state index in [1.165, 1.54) is 0 Å². The van der Waals surface area contributed by atoms with Crippen LogP contribution in [0.5, 0.6) is 5.75 Å². The summed E-state index contributed by atoms with van der Waals surface area (Å²) in [6.07, 6.45) is 3.80. The van der Waals surface area contributed by atoms with E-state index in [4.69, 9.17) is 4.74 Å². The SMILES string of the molecule is Cc1c2c(cc([N+](=O)[O-])c1OC(=O)c1ccccc1)CCCC2. The number of ether oxygens (including phenoxy) is 1. The van der Waals surface area contributed by atoms with Crippen LogP contribution in [-0.4, -0.2) is 10.9 Å². The minimum Gasteiger partial charge on any atom is -0.415 e. The molecule has 5 heteroatoms. The molecule has 2 aromatic rings. The zero-order chi connectivity index (χ0) is 16.4. The van der Waals surface area contributed by atoms with Gasteiger partial charge in [0.05, 0.1) is 10.5 Å². The van der Waals surface area contributed by atoms with Crippen molar-refractivity contribution < 1.29 is 14.5 Å². The van der Waals surface area contributed by atoms with E-state index >= 15 is 0 Å². The fourth-order valence-corrected chi connectivity index (χ4v) is 3.07. The average Bonchev–Trinajstić information content (AvgIpc) is 2.57. The number of nitrogens with zero attached hydrogens (tertiary/aromatic N) is 1. The summed E-state index contributed by atoms with van der Waals surface area (Å²) in [5, 5.41) is 11.4. The van der Waals surface area contributed by atoms with Crippen molar-refractivity contribution in [3.8, 4) is 5.75 Å². The standard InChI is InChI=1S/C18H17NO4/c1-12-15-10-6-5-9-14(15)11-16(19(21)22)17(12)23-18(20)13-7-3-2-4-8-13/h2-4,7-8,11H,5-6,9-10H2,1H3. The lowest BCUT2D eigenvalue weighted by molar-refractivity contribution is -0.385. The van der Waals surface area contributed by atoms with E-state index in [-0.39, 0.29) is 11.4 Å². The van der Waals surface area contributed by atoms with Crippen LogP contribution in [0.1, 0.15) is 39.9 Å². The molecule has 0 N–H and O–H groups in total. The van der Waals surface area contributed by atoms with Crippen molar-refractivity contribution in [2.45, 2.75) is 32.6 Å². The molecule has 5 nitrogen and oxygen atoms in total. The number of hydrogen-bond donors (Lipinski definition) is 0. The molecule has 0 fully saturated rings. The molecule has 1 aliphatic rings. The maximum absolute atomic E-state index is 12.3. The summed E-state index contributed by atoms with van der Waals surface area (Å²) < 4.78 is 5.41. The van der Waals surface area contributed by atoms with Crippen LogP contribution >= 0.6 is 0 Å². The molecule has 0 bridgehead atoms. The lowest BCUT2D eigenvalue weighted by Gasteiger charge is -2.20. The summed E-state index contributed by atoms with van der Waals surface area (Å²) in [6, 6.07) is 10.1. The lowest BCUT2D eigenvalue weighted by Crippen LogP contribution is -2.13. The summed E-state index contributed by atoms with van der Waals surface area (Å²) in [7, 11) is 0. The lowest BCUT2D eigenvalue weighted by atomic mass is 9.87. The number of hydrogen-bond acceptors (Lipinski definition) is 4. The predicted octanol–water partition coefficient (Wildman–Crippen LogP) is 4.00. The van der Waals surface area contributed by atoms with Gasteiger partial charge in [0, 0.05) is 11.6 Å². The number of carbonyl (C=O) groups is 1. The first-order valence-electron chi connectivity index (χ1n) is 7.65. The maximum atomic E-state index is 12.3. The highest BCUT2D eigenvalue weighted by Gasteiger charge is 2.27. The molecule has 2 aromatic carbocycles. The molecule has 0 heterocycles. The Hall–Kier alpha value is -2.69. The maximum Gasteiger partial charge on any atom is 0.343 e. The highest BCUT2D eigenvalue weighted by atomic mass is 16.6. The van der Waals surface area contributed by atoms with E-state index in [0.29, 0.717) is 11.1 Å². The number of nitro benzene ring substituents is 1. The second-order valence-electron chi connectivity index (χ2n) is 5.71. The molecule has 0 atom stereocenters. The fraction of sp³-hybridized carbons (Fsp3) is 0.278. The summed E-state index contributed by atoms with van der Waals surface area (Å²) >= 11 is 0. The van der Waals surface area contributed by atoms with Gasteiger partial charge in [0.15, 0.2) is 0 Å². The van der Waals surface area contributed by atoms with E-state index < -0.39 is 10.9 Å². The molecule has 0 radical (unpaired) electrons. The first kappa shape index (κ1) is 15.2. The van der Waals surface area contributed by atoms with Gasteiger partial charge < -0.3 is 4.74 Å². The van der Waals surface area contributed by atoms with Crippen molar-refractivity contribution in [2.75, 3.05) is 0 Å². The fourth-order valence-electron chi connectivity index (χ4n) is 3.07. The van der Waals surface area contributed by atoms with Crippen molar-refractivity contribution in [2.24, 2.45) is 0 Å². The Morgan fingerprint density at radius 3 is 2.57 bits per heavy atom. The average molecular weight is 311 g/mol. The Labute approximate surface area is 134 Å². The molecule has 0 aromatic heterocycles. The highest BCUT2D eigenvalue weighted by Crippen LogP contribution is 2.38. The van der Waals surface area contributed by atoms with Crippen LogP contribution in [0.15, 0.2) is 36.4 Å². The van der Waals surface area contributed by atoms with E-state index in [0.717, 1.165) is 36.8 Å². The van der Waals surface area contributed by atoms with E-state index in [1.54, 1.807) is 43.3 Å². The van der Waals surface area contributed by atoms with Crippen LogP contribution in [0.3, 0.4) is 0 Å². The predicted molar refractivity (Wildman–Crippen MR) is 85.9 cm³/mol. The number of carbonyl (C=O) groups excluding carboxylic acids is 1. The largest absolute Gasteiger partial charge is 0.415 e. The first-order valence-corrected chi connectivity index (χ1v) is 7.65. The molecule has 1 aliphatic carbocycles. The Kier molecular flexibility index (Phi) is 4.10. The van der Waals surface area contributed by atoms with Crippen molar-refractivity contribution in [1.82, 2.24) is 0 Å². The van der Waals surface area contributed by atoms with Gasteiger partial charge in [-0.2, -0.15) is 0 Å². The van der Waals surface area contributed by atoms with Gasteiger partial charge in [0.2, 0.25) is 5.75 Å². The van der Waals surface area contributed by atoms with Gasteiger partial charge in [-0.25, -0.2) is 4.79 Å². The second-order valence-corrected chi connectivity index (χ2v) is 5.71. The second kappa shape index (κ2) is 6.20. The van der Waals surface area contributed by atoms with Crippen LogP contribution in [-0.2, 0) is 12.8 Å². The third-order valence-corrected chi connectivity index (χ3v) is 4.25. The molecule has 3 rings (SSSR count). The number of nitro groups is 1. The topological polar surface area (TPSA) is 69.4 Å². The summed E-state index contributed by atoms with van der Waals surface area (Å²) in [5.74, 6) is -0.503. The molecular formula is C18H17NO4. The van der Waals surface area contributed by atoms with Crippen molar-refractivity contribution >= 4 is 11.7 Å². The Balaban J connectivity index is 2.03. The van der Waals surface area contributed by atoms with Gasteiger partial charge >= 0.3 is 11.7 Å². The van der Waals surface area contributed by atoms with Crippen molar-refractivity contribution in [3.63, 3.8) is 0 Å². The summed E-state index contributed by atoms with van der Waals surface area (Å²) in [6.45, 7) is 1.80. The zero-order valence-corrected chi connectivity index (χ0v) is 12.9. The van der Waals surface area contributed by atoms with Gasteiger partial charge in [-0.05, 0) is 55.9 Å². The summed E-state index contributed by atoms with van der Waals surface area (Å²) in [4.78, 5) is 23.2. The van der Waals surface area contributed by atoms with Crippen LogP contribution in [0, 0.1) is 17.0 Å². The summed E-state index contributed by atoms with van der Waals surface area (Å²) in [5.41, 5.74) is 3.03. The highest BCUT2D eigenvalue weighted by molar-refractivity contribution is 5.91. The molecular weight excluding hydrogens is 294 g/mol. The molecule has 0 saturated carbocycles. The molecule has 0 spiro atoms. The monoisotopic (exact) mass is 311 g/mol. The van der Waals surface area contributed by atoms with Crippen LogP contribution in [0.25, 0.3) is 0 Å². The molecule has 118 valence electrons.